The van der Waals surface area contributed by atoms with Crippen LogP contribution in [0.5, 0.6) is 0 Å². The first-order valence-corrected chi connectivity index (χ1v) is 10.6. The number of imidazole rings is 1. The molecule has 1 amide bonds. The van der Waals surface area contributed by atoms with Crippen molar-refractivity contribution in [1.29, 1.82) is 0 Å². The molecule has 0 atom stereocenters. The van der Waals surface area contributed by atoms with E-state index in [2.05, 4.69) is 15.3 Å². The molecule has 32 heavy (non-hydrogen) atoms. The van der Waals surface area contributed by atoms with E-state index in [9.17, 15) is 9.59 Å². The average Bonchev–Trinajstić information content (AvgIpc) is 3.33. The van der Waals surface area contributed by atoms with Crippen molar-refractivity contribution in [1.82, 2.24) is 19.9 Å². The van der Waals surface area contributed by atoms with Gasteiger partial charge in [-0.3, -0.25) is 14.2 Å². The maximum Gasteiger partial charge on any atom is 0.287 e. The van der Waals surface area contributed by atoms with E-state index in [-0.39, 0.29) is 22.9 Å². The summed E-state index contributed by atoms with van der Waals surface area (Å²) >= 11 is 0. The van der Waals surface area contributed by atoms with Crippen LogP contribution in [-0.2, 0) is 13.0 Å². The van der Waals surface area contributed by atoms with Crippen molar-refractivity contribution < 1.29 is 14.0 Å². The molecule has 5 rings (SSSR count). The number of amides is 1. The molecule has 0 bridgehead atoms. The molecule has 0 saturated heterocycles. The molecule has 162 valence electrons. The lowest BCUT2D eigenvalue weighted by Crippen LogP contribution is -2.26. The van der Waals surface area contributed by atoms with Crippen molar-refractivity contribution in [3.8, 4) is 5.82 Å². The summed E-state index contributed by atoms with van der Waals surface area (Å²) < 4.78 is 7.77. The lowest BCUT2D eigenvalue weighted by Gasteiger charge is -2.27. The van der Waals surface area contributed by atoms with Crippen molar-refractivity contribution in [3.05, 3.63) is 77.1 Å². The van der Waals surface area contributed by atoms with Crippen LogP contribution in [0.4, 0.5) is 0 Å². The molecule has 0 spiro atoms. The van der Waals surface area contributed by atoms with Gasteiger partial charge in [0.25, 0.3) is 5.91 Å². The molecule has 1 aromatic carbocycles. The topological polar surface area (TPSA) is 90.0 Å². The Morgan fingerprint density at radius 3 is 2.75 bits per heavy atom. The summed E-state index contributed by atoms with van der Waals surface area (Å²) in [6.45, 7) is 6.16. The summed E-state index contributed by atoms with van der Waals surface area (Å²) in [7, 11) is 0. The monoisotopic (exact) mass is 428 g/mol. The van der Waals surface area contributed by atoms with Gasteiger partial charge in [0.05, 0.1) is 16.6 Å². The number of rotatable bonds is 4. The molecule has 7 heteroatoms. The zero-order valence-electron chi connectivity index (χ0n) is 18.3. The van der Waals surface area contributed by atoms with E-state index < -0.39 is 0 Å². The highest BCUT2D eigenvalue weighted by Crippen LogP contribution is 2.38. The highest BCUT2D eigenvalue weighted by molar-refractivity contribution is 6.03. The summed E-state index contributed by atoms with van der Waals surface area (Å²) in [5.41, 5.74) is 3.79. The largest absolute Gasteiger partial charge is 0.455 e. The number of nitrogens with zero attached hydrogens (tertiary/aromatic N) is 3. The van der Waals surface area contributed by atoms with Gasteiger partial charge in [0.15, 0.2) is 11.5 Å². The highest BCUT2D eigenvalue weighted by atomic mass is 16.4. The molecule has 3 heterocycles. The van der Waals surface area contributed by atoms with Crippen LogP contribution in [0.2, 0.25) is 0 Å². The third-order valence-electron chi connectivity index (χ3n) is 5.95. The quantitative estimate of drug-likeness (QED) is 0.520. The van der Waals surface area contributed by atoms with Gasteiger partial charge in [-0.25, -0.2) is 9.97 Å². The van der Waals surface area contributed by atoms with E-state index in [1.807, 2.05) is 54.8 Å². The number of ketones is 1. The highest BCUT2D eigenvalue weighted by Gasteiger charge is 2.37. The predicted molar refractivity (Wildman–Crippen MR) is 120 cm³/mol. The number of pyridine rings is 1. The predicted octanol–water partition coefficient (Wildman–Crippen LogP) is 4.41. The second-order valence-corrected chi connectivity index (χ2v) is 9.11. The van der Waals surface area contributed by atoms with Crippen molar-refractivity contribution in [3.63, 3.8) is 0 Å². The van der Waals surface area contributed by atoms with Gasteiger partial charge in [0, 0.05) is 31.1 Å². The summed E-state index contributed by atoms with van der Waals surface area (Å²) in [5.74, 6) is 1.31. The number of hydrogen-bond acceptors (Lipinski definition) is 5. The minimum absolute atomic E-state index is 0.0448. The SMILES string of the molecule is Cc1c(C(=O)NCc2ccc(-n3cnc4ccccc43)nc2)oc2c1C(=O)CC(C)(C)C2. The Morgan fingerprint density at radius 1 is 1.16 bits per heavy atom. The number of fused-ring (bicyclic) bond motifs is 2. The minimum Gasteiger partial charge on any atom is -0.455 e. The Morgan fingerprint density at radius 2 is 1.97 bits per heavy atom. The standard InChI is InChI=1S/C25H24N4O3/c1-15-22-19(30)10-25(2,3)11-20(22)32-23(15)24(31)27-13-16-8-9-21(26-12-16)29-14-28-17-6-4-5-7-18(17)29/h4-9,12,14H,10-11,13H2,1-3H3,(H,27,31). The van der Waals surface area contributed by atoms with Gasteiger partial charge in [-0.15, -0.1) is 0 Å². The molecule has 0 radical (unpaired) electrons. The molecular formula is C25H24N4O3. The number of hydrogen-bond donors (Lipinski definition) is 1. The fraction of sp³-hybridized carbons (Fsp3) is 0.280. The number of nitrogens with one attached hydrogen (secondary N) is 1. The maximum absolute atomic E-state index is 12.8. The van der Waals surface area contributed by atoms with Crippen LogP contribution in [0, 0.1) is 12.3 Å². The first-order chi connectivity index (χ1) is 15.3. The molecule has 4 aromatic rings. The average molecular weight is 428 g/mol. The summed E-state index contributed by atoms with van der Waals surface area (Å²) in [6.07, 6.45) is 4.59. The molecule has 0 aliphatic heterocycles. The molecule has 1 N–H and O–H groups in total. The second kappa shape index (κ2) is 7.44. The normalized spacial score (nSPS) is 15.0. The summed E-state index contributed by atoms with van der Waals surface area (Å²) in [6, 6.07) is 11.7. The zero-order valence-corrected chi connectivity index (χ0v) is 18.3. The van der Waals surface area contributed by atoms with Gasteiger partial charge in [0.2, 0.25) is 0 Å². The number of Topliss-reactive ketones (excluding diaryl/α,β-unsaturated/α-hetero) is 1. The van der Waals surface area contributed by atoms with Gasteiger partial charge in [-0.2, -0.15) is 0 Å². The Bertz CT molecular complexity index is 1350. The van der Waals surface area contributed by atoms with Gasteiger partial charge in [-0.05, 0) is 36.1 Å². The van der Waals surface area contributed by atoms with Gasteiger partial charge >= 0.3 is 0 Å². The fourth-order valence-corrected chi connectivity index (χ4v) is 4.37. The van der Waals surface area contributed by atoms with Crippen molar-refractivity contribution in [2.45, 2.75) is 40.2 Å². The lowest BCUT2D eigenvalue weighted by molar-refractivity contribution is 0.0888. The molecular weight excluding hydrogens is 404 g/mol. The van der Waals surface area contributed by atoms with Crippen molar-refractivity contribution in [2.75, 3.05) is 0 Å². The molecule has 1 aliphatic carbocycles. The van der Waals surface area contributed by atoms with E-state index in [0.717, 1.165) is 22.4 Å². The maximum atomic E-state index is 12.8. The van der Waals surface area contributed by atoms with E-state index in [1.165, 1.54) is 0 Å². The first kappa shape index (κ1) is 20.2. The van der Waals surface area contributed by atoms with Crippen LogP contribution in [0.3, 0.4) is 0 Å². The third kappa shape index (κ3) is 3.49. The molecule has 0 saturated carbocycles. The van der Waals surface area contributed by atoms with Crippen LogP contribution < -0.4 is 5.32 Å². The molecule has 1 aliphatic rings. The number of aromatic nitrogens is 3. The lowest BCUT2D eigenvalue weighted by atomic mass is 9.76. The summed E-state index contributed by atoms with van der Waals surface area (Å²) in [4.78, 5) is 34.2. The first-order valence-electron chi connectivity index (χ1n) is 10.6. The van der Waals surface area contributed by atoms with Crippen LogP contribution in [-0.4, -0.2) is 26.2 Å². The Hall–Kier alpha value is -3.74. The number of para-hydroxylation sites is 2. The van der Waals surface area contributed by atoms with E-state index in [1.54, 1.807) is 19.4 Å². The number of furan rings is 1. The van der Waals surface area contributed by atoms with E-state index in [0.29, 0.717) is 36.3 Å². The zero-order chi connectivity index (χ0) is 22.5. The van der Waals surface area contributed by atoms with Crippen molar-refractivity contribution in [2.24, 2.45) is 5.41 Å². The smallest absolute Gasteiger partial charge is 0.287 e. The number of carbonyl (C=O) groups excluding carboxylic acids is 2. The molecule has 0 unspecified atom stereocenters. The van der Waals surface area contributed by atoms with Gasteiger partial charge in [0.1, 0.15) is 17.9 Å². The Balaban J connectivity index is 1.30. The van der Waals surface area contributed by atoms with E-state index in [4.69, 9.17) is 4.42 Å². The molecule has 0 fully saturated rings. The van der Waals surface area contributed by atoms with Gasteiger partial charge < -0.3 is 9.73 Å². The van der Waals surface area contributed by atoms with Crippen LogP contribution in [0.15, 0.2) is 53.3 Å². The third-order valence-corrected chi connectivity index (χ3v) is 5.95. The Labute approximate surface area is 185 Å². The number of benzene rings is 1. The van der Waals surface area contributed by atoms with Crippen LogP contribution in [0.1, 0.15) is 58.1 Å². The number of carbonyl (C=O) groups is 2. The summed E-state index contributed by atoms with van der Waals surface area (Å²) in [5, 5.41) is 2.88. The Kier molecular flexibility index (Phi) is 4.69. The molecule has 3 aromatic heterocycles. The fourth-order valence-electron chi connectivity index (χ4n) is 4.37. The van der Waals surface area contributed by atoms with Crippen molar-refractivity contribution >= 4 is 22.7 Å². The second-order valence-electron chi connectivity index (χ2n) is 9.11. The molecule has 7 nitrogen and oxygen atoms in total. The minimum atomic E-state index is -0.327. The van der Waals surface area contributed by atoms with E-state index >= 15 is 0 Å². The van der Waals surface area contributed by atoms with Crippen LogP contribution >= 0.6 is 0 Å². The van der Waals surface area contributed by atoms with Crippen LogP contribution in [0.25, 0.3) is 16.9 Å². The van der Waals surface area contributed by atoms with Gasteiger partial charge in [-0.1, -0.05) is 32.0 Å².